The summed E-state index contributed by atoms with van der Waals surface area (Å²) in [6, 6.07) is 6.01. The third-order valence-electron chi connectivity index (χ3n) is 7.51. The Morgan fingerprint density at radius 3 is 2.16 bits per heavy atom. The van der Waals surface area contributed by atoms with Gasteiger partial charge in [0.2, 0.25) is 17.5 Å². The van der Waals surface area contributed by atoms with Crippen LogP contribution in [0.25, 0.3) is 22.3 Å². The number of aliphatic hydroxyl groups excluding tert-OH is 6. The largest absolute Gasteiger partial charge is 0.508 e. The highest BCUT2D eigenvalue weighted by Gasteiger charge is 2.47. The highest BCUT2D eigenvalue weighted by molar-refractivity contribution is 5.86. The van der Waals surface area contributed by atoms with Crippen LogP contribution in [0.1, 0.15) is 12.5 Å². The Balaban J connectivity index is 1.48. The van der Waals surface area contributed by atoms with E-state index in [9.17, 15) is 50.8 Å². The Bertz CT molecular complexity index is 1540. The number of aliphatic hydroxyl groups is 6. The maximum absolute atomic E-state index is 13.7. The number of rotatable bonds is 6. The van der Waals surface area contributed by atoms with Crippen molar-refractivity contribution in [1.82, 2.24) is 0 Å². The molecule has 0 bridgehead atoms. The van der Waals surface area contributed by atoms with Crippen LogP contribution in [-0.4, -0.2) is 114 Å². The predicted molar refractivity (Wildman–Crippen MR) is 143 cm³/mol. The predicted octanol–water partition coefficient (Wildman–Crippen LogP) is -1.08. The SMILES string of the molecule is Cc1cc(O)cc2oc(-c3ccc(O)c(O)c3)c(O[C@@H]3O[C@H](CO[C@@H]4O[C@@H](C)[C@H](O)[C@@H](O)[C@H]4O)[C@@H](O)[C@H](O)[C@H]3O)c(=O)c12. The molecule has 3 aromatic rings. The molecule has 1 aromatic heterocycles. The van der Waals surface area contributed by atoms with Crippen LogP contribution in [0.3, 0.4) is 0 Å². The number of hydrogen-bond donors (Lipinski definition) is 9. The molecule has 3 heterocycles. The molecule has 5 rings (SSSR count). The molecule has 0 saturated carbocycles. The van der Waals surface area contributed by atoms with Crippen molar-refractivity contribution in [2.24, 2.45) is 0 Å². The first-order valence-electron chi connectivity index (χ1n) is 13.3. The highest BCUT2D eigenvalue weighted by Crippen LogP contribution is 2.38. The van der Waals surface area contributed by atoms with Crippen molar-refractivity contribution in [3.05, 3.63) is 46.1 Å². The minimum absolute atomic E-state index is 0.00335. The molecule has 2 saturated heterocycles. The van der Waals surface area contributed by atoms with E-state index in [1.165, 1.54) is 32.0 Å². The third-order valence-corrected chi connectivity index (χ3v) is 7.51. The molecule has 2 fully saturated rings. The van der Waals surface area contributed by atoms with Gasteiger partial charge in [-0.15, -0.1) is 0 Å². The summed E-state index contributed by atoms with van der Waals surface area (Å²) in [6.45, 7) is 2.41. The van der Waals surface area contributed by atoms with Gasteiger partial charge in [0, 0.05) is 11.6 Å². The van der Waals surface area contributed by atoms with Crippen molar-refractivity contribution in [2.75, 3.05) is 6.61 Å². The fourth-order valence-electron chi connectivity index (χ4n) is 5.05. The van der Waals surface area contributed by atoms with Crippen LogP contribution in [0, 0.1) is 6.92 Å². The molecular weight excluding hydrogens is 576 g/mol. The lowest BCUT2D eigenvalue weighted by Gasteiger charge is -2.42. The zero-order valence-electron chi connectivity index (χ0n) is 22.8. The monoisotopic (exact) mass is 608 g/mol. The summed E-state index contributed by atoms with van der Waals surface area (Å²) in [7, 11) is 0. The van der Waals surface area contributed by atoms with Gasteiger partial charge in [0.05, 0.1) is 18.1 Å². The number of ether oxygens (including phenoxy) is 4. The maximum Gasteiger partial charge on any atom is 0.235 e. The van der Waals surface area contributed by atoms with Crippen molar-refractivity contribution >= 4 is 11.0 Å². The summed E-state index contributed by atoms with van der Waals surface area (Å²) in [6.07, 6.45) is -15.8. The summed E-state index contributed by atoms with van der Waals surface area (Å²) >= 11 is 0. The van der Waals surface area contributed by atoms with Gasteiger partial charge < -0.3 is 69.3 Å². The number of aryl methyl sites for hydroxylation is 1. The van der Waals surface area contributed by atoms with Crippen LogP contribution < -0.4 is 10.2 Å². The summed E-state index contributed by atoms with van der Waals surface area (Å²) < 4.78 is 28.2. The molecule has 0 unspecified atom stereocenters. The van der Waals surface area contributed by atoms with Gasteiger partial charge in [-0.2, -0.15) is 0 Å². The molecule has 0 amide bonds. The van der Waals surface area contributed by atoms with Crippen molar-refractivity contribution < 1.29 is 69.3 Å². The minimum atomic E-state index is -1.91. The minimum Gasteiger partial charge on any atom is -0.508 e. The molecule has 2 aliphatic rings. The molecule has 15 heteroatoms. The summed E-state index contributed by atoms with van der Waals surface area (Å²) in [5.74, 6) is -2.03. The van der Waals surface area contributed by atoms with Crippen LogP contribution >= 0.6 is 0 Å². The van der Waals surface area contributed by atoms with Crippen molar-refractivity contribution in [3.63, 3.8) is 0 Å². The van der Waals surface area contributed by atoms with Crippen LogP contribution in [0.15, 0.2) is 39.5 Å². The average molecular weight is 609 g/mol. The highest BCUT2D eigenvalue weighted by atomic mass is 16.7. The van der Waals surface area contributed by atoms with Gasteiger partial charge in [-0.05, 0) is 43.7 Å². The molecule has 10 atom stereocenters. The number of aromatic hydroxyl groups is 3. The van der Waals surface area contributed by atoms with Gasteiger partial charge in [0.15, 0.2) is 23.5 Å². The van der Waals surface area contributed by atoms with Gasteiger partial charge in [0.25, 0.3) is 0 Å². The molecule has 0 spiro atoms. The molecular formula is C28H32O15. The first-order chi connectivity index (χ1) is 20.3. The number of phenols is 3. The van der Waals surface area contributed by atoms with Crippen LogP contribution in [0.2, 0.25) is 0 Å². The Morgan fingerprint density at radius 1 is 0.791 bits per heavy atom. The van der Waals surface area contributed by atoms with Crippen LogP contribution in [0.5, 0.6) is 23.0 Å². The second kappa shape index (κ2) is 11.9. The molecule has 0 radical (unpaired) electrons. The zero-order chi connectivity index (χ0) is 31.3. The molecule has 2 aliphatic heterocycles. The van der Waals surface area contributed by atoms with Gasteiger partial charge in [-0.25, -0.2) is 0 Å². The lowest BCUT2D eigenvalue weighted by atomic mass is 9.98. The topological polar surface area (TPSA) is 249 Å². The smallest absolute Gasteiger partial charge is 0.235 e. The zero-order valence-corrected chi connectivity index (χ0v) is 22.8. The third kappa shape index (κ3) is 5.74. The van der Waals surface area contributed by atoms with E-state index in [-0.39, 0.29) is 28.0 Å². The Labute approximate surface area is 242 Å². The van der Waals surface area contributed by atoms with E-state index in [0.717, 1.165) is 12.1 Å². The second-order valence-corrected chi connectivity index (χ2v) is 10.6. The van der Waals surface area contributed by atoms with Gasteiger partial charge in [0.1, 0.15) is 54.1 Å². The van der Waals surface area contributed by atoms with E-state index in [1.54, 1.807) is 0 Å². The fourth-order valence-corrected chi connectivity index (χ4v) is 5.05. The first-order valence-corrected chi connectivity index (χ1v) is 13.3. The van der Waals surface area contributed by atoms with Crippen LogP contribution in [0.4, 0.5) is 0 Å². The van der Waals surface area contributed by atoms with E-state index < -0.39 is 90.7 Å². The Kier molecular flexibility index (Phi) is 8.54. The number of hydrogen-bond acceptors (Lipinski definition) is 15. The molecule has 15 nitrogen and oxygen atoms in total. The molecule has 9 N–H and O–H groups in total. The quantitative estimate of drug-likeness (QED) is 0.151. The molecule has 43 heavy (non-hydrogen) atoms. The second-order valence-electron chi connectivity index (χ2n) is 10.6. The Morgan fingerprint density at radius 2 is 1.47 bits per heavy atom. The number of phenolic OH excluding ortho intramolecular Hbond substituents is 3. The summed E-state index contributed by atoms with van der Waals surface area (Å²) in [4.78, 5) is 13.7. The van der Waals surface area contributed by atoms with E-state index in [1.807, 2.05) is 0 Å². The molecule has 234 valence electrons. The van der Waals surface area contributed by atoms with E-state index in [0.29, 0.717) is 5.56 Å². The lowest BCUT2D eigenvalue weighted by Crippen LogP contribution is -2.61. The lowest BCUT2D eigenvalue weighted by molar-refractivity contribution is -0.318. The number of fused-ring (bicyclic) bond motifs is 1. The van der Waals surface area contributed by atoms with Crippen molar-refractivity contribution in [1.29, 1.82) is 0 Å². The summed E-state index contributed by atoms with van der Waals surface area (Å²) in [5.41, 5.74) is -0.454. The Hall–Kier alpha value is -3.51. The van der Waals surface area contributed by atoms with E-state index in [2.05, 4.69) is 0 Å². The van der Waals surface area contributed by atoms with Gasteiger partial charge in [-0.3, -0.25) is 4.79 Å². The molecule has 2 aromatic carbocycles. The normalized spacial score (nSPS) is 33.0. The summed E-state index contributed by atoms with van der Waals surface area (Å²) in [5, 5.41) is 91.9. The van der Waals surface area contributed by atoms with Gasteiger partial charge >= 0.3 is 0 Å². The standard InChI is InChI=1S/C28H32O15/c1-9-5-12(29)7-15-17(9)20(34)26(25(41-15)11-3-4-13(30)14(31)6-11)43-28-24(38)22(36)19(33)16(42-28)8-39-27-23(37)21(35)18(32)10(2)40-27/h3-7,10,16,18-19,21-24,27-33,35-38H,8H2,1-2H3/t10-,16+,18-,19+,21+,22-,23+,24+,27+,28-/m0/s1. The molecule has 0 aliphatic carbocycles. The van der Waals surface area contributed by atoms with Crippen molar-refractivity contribution in [2.45, 2.75) is 75.3 Å². The van der Waals surface area contributed by atoms with E-state index in [4.69, 9.17) is 23.4 Å². The first kappa shape index (κ1) is 30.9. The average Bonchev–Trinajstić information content (AvgIpc) is 2.96. The van der Waals surface area contributed by atoms with Crippen LogP contribution in [-0.2, 0) is 14.2 Å². The fraction of sp³-hybridized carbons (Fsp3) is 0.464. The number of benzene rings is 2. The maximum atomic E-state index is 13.7. The van der Waals surface area contributed by atoms with E-state index >= 15 is 0 Å². The van der Waals surface area contributed by atoms with Gasteiger partial charge in [-0.1, -0.05) is 0 Å². The van der Waals surface area contributed by atoms with Crippen molar-refractivity contribution in [3.8, 4) is 34.3 Å².